The lowest BCUT2D eigenvalue weighted by atomic mass is 10.1. The molecule has 0 amide bonds. The zero-order valence-corrected chi connectivity index (χ0v) is 18.2. The lowest BCUT2D eigenvalue weighted by molar-refractivity contribution is -0.154. The van der Waals surface area contributed by atoms with Crippen LogP contribution in [-0.4, -0.2) is 32.8 Å². The van der Waals surface area contributed by atoms with Crippen LogP contribution >= 0.6 is 0 Å². The average Bonchev–Trinajstić information content (AvgIpc) is 3.15. The Bertz CT molecular complexity index is 1280. The fraction of sp³-hybridized carbons (Fsp3) is 0.250. The zero-order valence-electron chi connectivity index (χ0n) is 18.2. The smallest absolute Gasteiger partial charge is 0.422 e. The van der Waals surface area contributed by atoms with Crippen LogP contribution in [0.1, 0.15) is 20.8 Å². The molecule has 0 saturated carbocycles. The molecule has 0 aliphatic carbocycles. The van der Waals surface area contributed by atoms with E-state index in [1.807, 2.05) is 49.4 Å². The van der Waals surface area contributed by atoms with E-state index < -0.39 is 24.5 Å². The maximum absolute atomic E-state index is 14.3. The molecule has 9 heteroatoms. The van der Waals surface area contributed by atoms with Crippen molar-refractivity contribution in [2.45, 2.75) is 32.5 Å². The van der Waals surface area contributed by atoms with E-state index >= 15 is 0 Å². The molecule has 4 aromatic rings. The molecule has 3 heterocycles. The highest BCUT2D eigenvalue weighted by Crippen LogP contribution is 2.29. The van der Waals surface area contributed by atoms with Crippen LogP contribution in [0.15, 0.2) is 61.1 Å². The number of halogens is 4. The number of ether oxygens (including phenoxy) is 2. The van der Waals surface area contributed by atoms with Gasteiger partial charge in [-0.15, -0.1) is 0 Å². The molecule has 0 saturated heterocycles. The minimum atomic E-state index is -4.58. The molecule has 0 aliphatic heterocycles. The predicted molar refractivity (Wildman–Crippen MR) is 116 cm³/mol. The standard InChI is InChI=1S/C24H21F4N3O2/c1-23(2,3)33-18-7-4-15(5-8-18)20-12-29-21-9-6-16(13-31(20)21)17-10-19(25)22(30-11-17)32-14-24(26,27)28/h4-13H,14H2,1-3H3. The monoisotopic (exact) mass is 459 g/mol. The molecule has 5 nitrogen and oxygen atoms in total. The Morgan fingerprint density at radius 3 is 2.21 bits per heavy atom. The van der Waals surface area contributed by atoms with E-state index in [0.717, 1.165) is 23.1 Å². The molecule has 0 fully saturated rings. The van der Waals surface area contributed by atoms with Crippen LogP contribution in [0, 0.1) is 5.82 Å². The van der Waals surface area contributed by atoms with E-state index in [0.29, 0.717) is 16.8 Å². The zero-order chi connectivity index (χ0) is 23.8. The summed E-state index contributed by atoms with van der Waals surface area (Å²) in [6.45, 7) is 4.30. The van der Waals surface area contributed by atoms with Gasteiger partial charge in [-0.25, -0.2) is 14.4 Å². The molecule has 33 heavy (non-hydrogen) atoms. The van der Waals surface area contributed by atoms with Crippen LogP contribution in [0.4, 0.5) is 17.6 Å². The van der Waals surface area contributed by atoms with Crippen LogP contribution in [-0.2, 0) is 0 Å². The number of hydrogen-bond acceptors (Lipinski definition) is 4. The molecule has 0 atom stereocenters. The number of alkyl halides is 3. The first-order valence-electron chi connectivity index (χ1n) is 10.1. The van der Waals surface area contributed by atoms with Gasteiger partial charge in [0.25, 0.3) is 5.88 Å². The summed E-state index contributed by atoms with van der Waals surface area (Å²) >= 11 is 0. The predicted octanol–water partition coefficient (Wildman–Crippen LogP) is 6.32. The second-order valence-corrected chi connectivity index (χ2v) is 8.44. The van der Waals surface area contributed by atoms with Gasteiger partial charge in [0.15, 0.2) is 12.4 Å². The second kappa shape index (κ2) is 8.38. The quantitative estimate of drug-likeness (QED) is 0.328. The molecule has 0 spiro atoms. The average molecular weight is 459 g/mol. The molecule has 0 unspecified atom stereocenters. The topological polar surface area (TPSA) is 48.7 Å². The number of aromatic nitrogens is 3. The molecule has 0 N–H and O–H groups in total. The van der Waals surface area contributed by atoms with Crippen molar-refractivity contribution >= 4 is 5.65 Å². The van der Waals surface area contributed by atoms with Gasteiger partial charge in [-0.05, 0) is 63.2 Å². The van der Waals surface area contributed by atoms with Crippen molar-refractivity contribution in [3.05, 3.63) is 66.9 Å². The molecule has 0 radical (unpaired) electrons. The number of nitrogens with zero attached hydrogens (tertiary/aromatic N) is 3. The Labute approximate surface area is 187 Å². The minimum absolute atomic E-state index is 0.309. The van der Waals surface area contributed by atoms with E-state index in [1.165, 1.54) is 6.20 Å². The summed E-state index contributed by atoms with van der Waals surface area (Å²) in [6.07, 6.45) is 0.188. The van der Waals surface area contributed by atoms with Gasteiger partial charge in [-0.1, -0.05) is 0 Å². The Hall–Kier alpha value is -3.62. The Balaban J connectivity index is 1.63. The van der Waals surface area contributed by atoms with Crippen molar-refractivity contribution < 1.29 is 27.0 Å². The highest BCUT2D eigenvalue weighted by Gasteiger charge is 2.29. The number of hydrogen-bond donors (Lipinski definition) is 0. The first-order valence-corrected chi connectivity index (χ1v) is 10.1. The molecule has 4 rings (SSSR count). The number of fused-ring (bicyclic) bond motifs is 1. The highest BCUT2D eigenvalue weighted by molar-refractivity contribution is 5.69. The molecular weight excluding hydrogens is 438 g/mol. The number of benzene rings is 1. The summed E-state index contributed by atoms with van der Waals surface area (Å²) in [5.74, 6) is -0.926. The van der Waals surface area contributed by atoms with Gasteiger partial charge in [-0.2, -0.15) is 13.2 Å². The summed E-state index contributed by atoms with van der Waals surface area (Å²) in [4.78, 5) is 8.11. The number of imidazole rings is 1. The largest absolute Gasteiger partial charge is 0.488 e. The van der Waals surface area contributed by atoms with Gasteiger partial charge >= 0.3 is 6.18 Å². The molecular formula is C24H21F4N3O2. The molecule has 1 aromatic carbocycles. The molecule has 172 valence electrons. The molecule has 0 bridgehead atoms. The van der Waals surface area contributed by atoms with Crippen molar-refractivity contribution in [1.82, 2.24) is 14.4 Å². The lowest BCUT2D eigenvalue weighted by Crippen LogP contribution is -2.22. The Morgan fingerprint density at radius 2 is 1.58 bits per heavy atom. The van der Waals surface area contributed by atoms with Gasteiger partial charge < -0.3 is 9.47 Å². The maximum atomic E-state index is 14.3. The van der Waals surface area contributed by atoms with Gasteiger partial charge in [0, 0.05) is 29.1 Å². The third-order valence-electron chi connectivity index (χ3n) is 4.59. The maximum Gasteiger partial charge on any atom is 0.422 e. The summed E-state index contributed by atoms with van der Waals surface area (Å²) in [5, 5.41) is 0. The van der Waals surface area contributed by atoms with E-state index in [2.05, 4.69) is 14.7 Å². The minimum Gasteiger partial charge on any atom is -0.488 e. The lowest BCUT2D eigenvalue weighted by Gasteiger charge is -2.21. The van der Waals surface area contributed by atoms with Crippen LogP contribution in [0.3, 0.4) is 0 Å². The first kappa shape index (κ1) is 22.6. The Morgan fingerprint density at radius 1 is 0.879 bits per heavy atom. The SMILES string of the molecule is CC(C)(C)Oc1ccc(-c2cnc3ccc(-c4cnc(OCC(F)(F)F)c(F)c4)cn23)cc1. The molecule has 0 aliphatic rings. The van der Waals surface area contributed by atoms with Gasteiger partial charge in [0.05, 0.1) is 11.9 Å². The highest BCUT2D eigenvalue weighted by atomic mass is 19.4. The van der Waals surface area contributed by atoms with Crippen LogP contribution in [0.2, 0.25) is 0 Å². The van der Waals surface area contributed by atoms with Gasteiger partial charge in [0.2, 0.25) is 0 Å². The fourth-order valence-electron chi connectivity index (χ4n) is 3.25. The first-order chi connectivity index (χ1) is 15.5. The van der Waals surface area contributed by atoms with E-state index in [-0.39, 0.29) is 5.60 Å². The van der Waals surface area contributed by atoms with E-state index in [1.54, 1.807) is 24.5 Å². The van der Waals surface area contributed by atoms with Gasteiger partial charge in [-0.3, -0.25) is 4.40 Å². The number of pyridine rings is 2. The van der Waals surface area contributed by atoms with Crippen LogP contribution in [0.5, 0.6) is 11.6 Å². The summed E-state index contributed by atoms with van der Waals surface area (Å²) in [6, 6.07) is 12.2. The number of rotatable bonds is 5. The van der Waals surface area contributed by atoms with Crippen molar-refractivity contribution in [2.24, 2.45) is 0 Å². The normalized spacial score (nSPS) is 12.2. The van der Waals surface area contributed by atoms with Crippen LogP contribution in [0.25, 0.3) is 28.0 Å². The van der Waals surface area contributed by atoms with E-state index in [9.17, 15) is 17.6 Å². The summed E-state index contributed by atoms with van der Waals surface area (Å²) in [5.41, 5.74) is 3.10. The van der Waals surface area contributed by atoms with Crippen molar-refractivity contribution in [3.63, 3.8) is 0 Å². The third kappa shape index (κ3) is 5.42. The van der Waals surface area contributed by atoms with Crippen molar-refractivity contribution in [3.8, 4) is 34.0 Å². The molecule has 3 aromatic heterocycles. The van der Waals surface area contributed by atoms with Crippen LogP contribution < -0.4 is 9.47 Å². The third-order valence-corrected chi connectivity index (χ3v) is 4.59. The summed E-state index contributed by atoms with van der Waals surface area (Å²) in [7, 11) is 0. The van der Waals surface area contributed by atoms with Crippen molar-refractivity contribution in [2.75, 3.05) is 6.61 Å². The van der Waals surface area contributed by atoms with Gasteiger partial charge in [0.1, 0.15) is 17.0 Å². The second-order valence-electron chi connectivity index (χ2n) is 8.44. The fourth-order valence-corrected chi connectivity index (χ4v) is 3.25. The Kier molecular flexibility index (Phi) is 5.73. The summed E-state index contributed by atoms with van der Waals surface area (Å²) < 4.78 is 63.4. The van der Waals surface area contributed by atoms with Crippen molar-refractivity contribution in [1.29, 1.82) is 0 Å². The van der Waals surface area contributed by atoms with E-state index in [4.69, 9.17) is 4.74 Å².